The first kappa shape index (κ1) is 13.1. The lowest BCUT2D eigenvalue weighted by Crippen LogP contribution is -2.23. The topological polar surface area (TPSA) is 55.1 Å². The summed E-state index contributed by atoms with van der Waals surface area (Å²) in [5.74, 6) is 6.66. The molecular formula is C14H18N2OS. The minimum absolute atomic E-state index is 0.0107. The second kappa shape index (κ2) is 6.58. The van der Waals surface area contributed by atoms with Gasteiger partial charge < -0.3 is 11.1 Å². The van der Waals surface area contributed by atoms with Crippen LogP contribution in [0.5, 0.6) is 0 Å². The number of nitrogens with two attached hydrogens (primary N) is 1. The van der Waals surface area contributed by atoms with E-state index in [4.69, 9.17) is 5.73 Å². The maximum Gasteiger partial charge on any atom is 0.261 e. The van der Waals surface area contributed by atoms with Crippen LogP contribution in [0.4, 0.5) is 0 Å². The van der Waals surface area contributed by atoms with Crippen molar-refractivity contribution in [2.75, 3.05) is 13.1 Å². The van der Waals surface area contributed by atoms with Crippen LogP contribution in [0.15, 0.2) is 12.1 Å². The number of amides is 1. The fourth-order valence-corrected chi connectivity index (χ4v) is 2.55. The van der Waals surface area contributed by atoms with Crippen molar-refractivity contribution >= 4 is 17.2 Å². The van der Waals surface area contributed by atoms with Crippen LogP contribution in [0, 0.1) is 17.8 Å². The summed E-state index contributed by atoms with van der Waals surface area (Å²) in [5, 5.41) is 2.95. The molecule has 0 atom stereocenters. The van der Waals surface area contributed by atoms with Crippen molar-refractivity contribution in [2.24, 2.45) is 11.7 Å². The molecule has 96 valence electrons. The van der Waals surface area contributed by atoms with E-state index in [9.17, 15) is 4.79 Å². The van der Waals surface area contributed by atoms with E-state index in [-0.39, 0.29) is 5.91 Å². The Kier molecular flexibility index (Phi) is 4.80. The number of nitrogens with one attached hydrogen (secondary N) is 1. The Bertz CT molecular complexity index is 466. The lowest BCUT2D eigenvalue weighted by molar-refractivity contribution is 0.0957. The number of hydrogen-bond donors (Lipinski definition) is 2. The molecule has 3 nitrogen and oxygen atoms in total. The summed E-state index contributed by atoms with van der Waals surface area (Å²) in [6.45, 7) is 1.12. The largest absolute Gasteiger partial charge is 0.351 e. The minimum Gasteiger partial charge on any atom is -0.351 e. The second-order valence-corrected chi connectivity index (χ2v) is 5.60. The van der Waals surface area contributed by atoms with Gasteiger partial charge in [0.15, 0.2) is 0 Å². The summed E-state index contributed by atoms with van der Waals surface area (Å²) >= 11 is 1.42. The average Bonchev–Trinajstić information content (AvgIpc) is 3.08. The Morgan fingerprint density at radius 3 is 3.06 bits per heavy atom. The van der Waals surface area contributed by atoms with Gasteiger partial charge in [-0.2, -0.15) is 0 Å². The van der Waals surface area contributed by atoms with Crippen LogP contribution in [0.2, 0.25) is 0 Å². The van der Waals surface area contributed by atoms with Gasteiger partial charge in [0.05, 0.1) is 16.3 Å². The zero-order valence-electron chi connectivity index (χ0n) is 10.4. The number of carbonyl (C=O) groups excluding carboxylic acids is 1. The van der Waals surface area contributed by atoms with Crippen molar-refractivity contribution in [3.05, 3.63) is 21.9 Å². The van der Waals surface area contributed by atoms with E-state index in [1.165, 1.54) is 30.6 Å². The zero-order chi connectivity index (χ0) is 12.8. The van der Waals surface area contributed by atoms with Crippen molar-refractivity contribution in [1.82, 2.24) is 5.32 Å². The Hall–Kier alpha value is -1.31. The first-order chi connectivity index (χ1) is 8.79. The highest BCUT2D eigenvalue weighted by Gasteiger charge is 2.20. The standard InChI is InChI=1S/C14H18N2OS/c15-9-1-4-12-7-8-13(18-12)14(17)16-10-2-3-11-5-6-11/h7-8,11H,2-3,5-6,9-10,15H2,(H,16,17). The molecule has 0 spiro atoms. The van der Waals surface area contributed by atoms with Crippen LogP contribution in [0.1, 0.15) is 40.2 Å². The second-order valence-electron chi connectivity index (χ2n) is 4.51. The highest BCUT2D eigenvalue weighted by molar-refractivity contribution is 7.14. The molecule has 1 fully saturated rings. The van der Waals surface area contributed by atoms with Crippen molar-refractivity contribution in [3.8, 4) is 11.8 Å². The third-order valence-corrected chi connectivity index (χ3v) is 3.91. The van der Waals surface area contributed by atoms with Gasteiger partial charge >= 0.3 is 0 Å². The summed E-state index contributed by atoms with van der Waals surface area (Å²) in [5.41, 5.74) is 5.31. The fourth-order valence-electron chi connectivity index (χ4n) is 1.75. The molecule has 4 heteroatoms. The van der Waals surface area contributed by atoms with Gasteiger partial charge in [0.25, 0.3) is 5.91 Å². The average molecular weight is 262 g/mol. The molecule has 3 N–H and O–H groups in total. The number of thiophene rings is 1. The number of rotatable bonds is 5. The van der Waals surface area contributed by atoms with E-state index in [2.05, 4.69) is 17.2 Å². The Morgan fingerprint density at radius 1 is 1.50 bits per heavy atom. The zero-order valence-corrected chi connectivity index (χ0v) is 11.2. The molecule has 0 unspecified atom stereocenters. The maximum absolute atomic E-state index is 11.8. The van der Waals surface area contributed by atoms with E-state index < -0.39 is 0 Å². The van der Waals surface area contributed by atoms with E-state index in [1.54, 1.807) is 0 Å². The third-order valence-electron chi connectivity index (χ3n) is 2.92. The predicted molar refractivity (Wildman–Crippen MR) is 74.5 cm³/mol. The van der Waals surface area contributed by atoms with E-state index in [0.717, 1.165) is 28.6 Å². The van der Waals surface area contributed by atoms with Crippen LogP contribution < -0.4 is 11.1 Å². The normalized spacial score (nSPS) is 13.8. The highest BCUT2D eigenvalue weighted by Crippen LogP contribution is 2.33. The summed E-state index contributed by atoms with van der Waals surface area (Å²) in [6.07, 6.45) is 5.09. The molecule has 1 saturated carbocycles. The molecule has 1 aromatic rings. The minimum atomic E-state index is 0.0107. The molecule has 1 heterocycles. The molecule has 0 radical (unpaired) electrons. The maximum atomic E-state index is 11.8. The highest BCUT2D eigenvalue weighted by atomic mass is 32.1. The van der Waals surface area contributed by atoms with Crippen LogP contribution in [0.25, 0.3) is 0 Å². The predicted octanol–water partition coefficient (Wildman–Crippen LogP) is 1.98. The summed E-state index contributed by atoms with van der Waals surface area (Å²) in [4.78, 5) is 13.4. The smallest absolute Gasteiger partial charge is 0.261 e. The molecule has 0 aliphatic heterocycles. The summed E-state index contributed by atoms with van der Waals surface area (Å²) in [7, 11) is 0. The summed E-state index contributed by atoms with van der Waals surface area (Å²) in [6, 6.07) is 3.69. The molecule has 0 aromatic carbocycles. The van der Waals surface area contributed by atoms with Crippen molar-refractivity contribution in [1.29, 1.82) is 0 Å². The molecule has 18 heavy (non-hydrogen) atoms. The van der Waals surface area contributed by atoms with Gasteiger partial charge in [0, 0.05) is 6.54 Å². The fraction of sp³-hybridized carbons (Fsp3) is 0.500. The van der Waals surface area contributed by atoms with Crippen LogP contribution in [0.3, 0.4) is 0 Å². The molecule has 1 aliphatic carbocycles. The van der Waals surface area contributed by atoms with E-state index in [0.29, 0.717) is 6.54 Å². The third kappa shape index (κ3) is 4.17. The molecule has 0 saturated heterocycles. The molecule has 0 bridgehead atoms. The summed E-state index contributed by atoms with van der Waals surface area (Å²) < 4.78 is 0. The van der Waals surface area contributed by atoms with Gasteiger partial charge in [-0.3, -0.25) is 4.79 Å². The van der Waals surface area contributed by atoms with Gasteiger partial charge in [-0.25, -0.2) is 0 Å². The van der Waals surface area contributed by atoms with Crippen molar-refractivity contribution in [2.45, 2.75) is 25.7 Å². The van der Waals surface area contributed by atoms with Crippen LogP contribution in [-0.4, -0.2) is 19.0 Å². The van der Waals surface area contributed by atoms with Crippen LogP contribution >= 0.6 is 11.3 Å². The number of carbonyl (C=O) groups is 1. The van der Waals surface area contributed by atoms with Crippen molar-refractivity contribution < 1.29 is 4.79 Å². The first-order valence-electron chi connectivity index (χ1n) is 6.36. The molecule has 2 rings (SSSR count). The molecule has 1 aliphatic rings. The van der Waals surface area contributed by atoms with Crippen molar-refractivity contribution in [3.63, 3.8) is 0 Å². The Balaban J connectivity index is 1.74. The quantitative estimate of drug-likeness (QED) is 0.630. The lowest BCUT2D eigenvalue weighted by atomic mass is 10.2. The van der Waals surface area contributed by atoms with Crippen LogP contribution in [-0.2, 0) is 0 Å². The lowest BCUT2D eigenvalue weighted by Gasteiger charge is -2.02. The van der Waals surface area contributed by atoms with Gasteiger partial charge in [0.1, 0.15) is 0 Å². The monoisotopic (exact) mass is 262 g/mol. The van der Waals surface area contributed by atoms with E-state index in [1.807, 2.05) is 12.1 Å². The van der Waals surface area contributed by atoms with Gasteiger partial charge in [-0.15, -0.1) is 11.3 Å². The molecule has 1 aromatic heterocycles. The first-order valence-corrected chi connectivity index (χ1v) is 7.18. The van der Waals surface area contributed by atoms with Gasteiger partial charge in [0.2, 0.25) is 0 Å². The SMILES string of the molecule is NCC#Cc1ccc(C(=O)NCCCC2CC2)s1. The Morgan fingerprint density at radius 2 is 2.33 bits per heavy atom. The number of hydrogen-bond acceptors (Lipinski definition) is 3. The van der Waals surface area contributed by atoms with E-state index >= 15 is 0 Å². The Labute approximate surface area is 112 Å². The van der Waals surface area contributed by atoms with Gasteiger partial charge in [-0.1, -0.05) is 24.7 Å². The molecular weight excluding hydrogens is 244 g/mol. The van der Waals surface area contributed by atoms with Gasteiger partial charge in [-0.05, 0) is 30.9 Å². The molecule has 1 amide bonds.